The molecule has 0 atom stereocenters. The third-order valence-electron chi connectivity index (χ3n) is 7.52. The molecular weight excluding hydrogens is 591 g/mol. The maximum absolute atomic E-state index is 12.9. The molecule has 0 spiro atoms. The number of halogens is 4. The first-order valence-electron chi connectivity index (χ1n) is 13.1. The van der Waals surface area contributed by atoms with Crippen LogP contribution < -0.4 is 16.6 Å². The van der Waals surface area contributed by atoms with Crippen molar-refractivity contribution in [1.82, 2.24) is 29.2 Å². The van der Waals surface area contributed by atoms with Gasteiger partial charge in [0.15, 0.2) is 0 Å². The van der Waals surface area contributed by atoms with Crippen molar-refractivity contribution in [2.45, 2.75) is 38.7 Å². The van der Waals surface area contributed by atoms with Crippen LogP contribution in [0.5, 0.6) is 0 Å². The summed E-state index contributed by atoms with van der Waals surface area (Å²) in [4.78, 5) is 30.1. The van der Waals surface area contributed by atoms with E-state index in [4.69, 9.17) is 11.6 Å². The van der Waals surface area contributed by atoms with E-state index >= 15 is 0 Å². The van der Waals surface area contributed by atoms with Crippen LogP contribution in [0.15, 0.2) is 58.5 Å². The molecule has 9 nitrogen and oxygen atoms in total. The van der Waals surface area contributed by atoms with Gasteiger partial charge in [-0.2, -0.15) is 23.5 Å². The molecule has 5 heterocycles. The van der Waals surface area contributed by atoms with Crippen LogP contribution in [-0.4, -0.2) is 43.2 Å². The molecule has 0 aliphatic carbocycles. The zero-order valence-electron chi connectivity index (χ0n) is 22.0. The fourth-order valence-electron chi connectivity index (χ4n) is 5.52. The Morgan fingerprint density at radius 1 is 1.14 bits per heavy atom. The fourth-order valence-corrected chi connectivity index (χ4v) is 6.87. The summed E-state index contributed by atoms with van der Waals surface area (Å²) in [6.07, 6.45) is 1.11. The zero-order chi connectivity index (χ0) is 29.6. The Labute approximate surface area is 245 Å². The summed E-state index contributed by atoms with van der Waals surface area (Å²) in [5.74, 6) is 0. The molecule has 0 radical (unpaired) electrons. The molecule has 1 saturated heterocycles. The van der Waals surface area contributed by atoms with E-state index in [0.29, 0.717) is 28.2 Å². The first kappa shape index (κ1) is 28.1. The van der Waals surface area contributed by atoms with Crippen LogP contribution in [0.25, 0.3) is 32.2 Å². The van der Waals surface area contributed by atoms with Crippen LogP contribution >= 0.6 is 22.9 Å². The lowest BCUT2D eigenvalue weighted by atomic mass is 9.80. The lowest BCUT2D eigenvalue weighted by Gasteiger charge is -2.32. The molecule has 1 aliphatic heterocycles. The third-order valence-corrected chi connectivity index (χ3v) is 8.88. The van der Waals surface area contributed by atoms with E-state index in [-0.39, 0.29) is 11.2 Å². The SMILES string of the molecule is N#CC1(Cn2ccc3cc(Cl)cc(-c4ccnc5cc(Cn6c(=O)cnn(CC(F)(F)F)c6=O)sc45)c32)CCNCC1. The van der Waals surface area contributed by atoms with Gasteiger partial charge >= 0.3 is 11.9 Å². The fraction of sp³-hybridized carbons (Fsp3) is 0.321. The molecule has 1 fully saturated rings. The summed E-state index contributed by atoms with van der Waals surface area (Å²) < 4.78 is 42.6. The van der Waals surface area contributed by atoms with Crippen LogP contribution in [0.2, 0.25) is 5.02 Å². The van der Waals surface area contributed by atoms with Gasteiger partial charge in [-0.1, -0.05) is 11.6 Å². The first-order valence-corrected chi connectivity index (χ1v) is 14.3. The number of nitrogens with zero attached hydrogens (tertiary/aromatic N) is 6. The largest absolute Gasteiger partial charge is 0.408 e. The Kier molecular flexibility index (Phi) is 7.16. The highest BCUT2D eigenvalue weighted by Crippen LogP contribution is 2.40. The number of benzene rings is 1. The van der Waals surface area contributed by atoms with Crippen molar-refractivity contribution in [3.63, 3.8) is 0 Å². The normalized spacial score (nSPS) is 15.3. The monoisotopic (exact) mass is 613 g/mol. The van der Waals surface area contributed by atoms with Crippen LogP contribution in [0.3, 0.4) is 0 Å². The molecule has 1 N–H and O–H groups in total. The van der Waals surface area contributed by atoms with Gasteiger partial charge in [0.2, 0.25) is 0 Å². The summed E-state index contributed by atoms with van der Waals surface area (Å²) >= 11 is 7.83. The average molecular weight is 614 g/mol. The predicted octanol–water partition coefficient (Wildman–Crippen LogP) is 4.79. The topological polar surface area (TPSA) is 111 Å². The maximum Gasteiger partial charge on any atom is 0.408 e. The number of hydrogen-bond acceptors (Lipinski definition) is 7. The van der Waals surface area contributed by atoms with Gasteiger partial charge in [0.1, 0.15) is 12.7 Å². The van der Waals surface area contributed by atoms with Gasteiger partial charge in [0.25, 0.3) is 5.56 Å². The van der Waals surface area contributed by atoms with Crippen molar-refractivity contribution >= 4 is 44.1 Å². The van der Waals surface area contributed by atoms with Gasteiger partial charge in [0, 0.05) is 45.4 Å². The summed E-state index contributed by atoms with van der Waals surface area (Å²) in [5, 5.41) is 18.2. The number of thiophene rings is 1. The van der Waals surface area contributed by atoms with E-state index in [9.17, 15) is 28.0 Å². The smallest absolute Gasteiger partial charge is 0.345 e. The van der Waals surface area contributed by atoms with E-state index in [1.807, 2.05) is 30.5 Å². The molecule has 1 aromatic carbocycles. The summed E-state index contributed by atoms with van der Waals surface area (Å²) in [5.41, 5.74) is 0.704. The number of nitriles is 1. The molecule has 42 heavy (non-hydrogen) atoms. The van der Waals surface area contributed by atoms with Crippen LogP contribution in [0.1, 0.15) is 17.7 Å². The standard InChI is InChI=1S/C28H23ClF3N7O2S/c29-18-9-17-2-8-37(15-27(14-33)3-6-34-7-4-27)24(17)21(10-18)20-1-5-35-22-11-19(42-25(20)22)13-38-23(40)12-36-39(26(38)41)16-28(30,31)32/h1-2,5,8-12,34H,3-4,6-7,13,15-16H2. The first-order chi connectivity index (χ1) is 20.1. The van der Waals surface area contributed by atoms with Gasteiger partial charge in [-0.25, -0.2) is 9.48 Å². The Hall–Kier alpha value is -3.99. The van der Waals surface area contributed by atoms with E-state index in [1.54, 1.807) is 12.3 Å². The molecule has 6 rings (SSSR count). The molecule has 0 amide bonds. The van der Waals surface area contributed by atoms with Crippen LogP contribution in [0.4, 0.5) is 13.2 Å². The minimum absolute atomic E-state index is 0.228. The second-order valence-corrected chi connectivity index (χ2v) is 12.0. The van der Waals surface area contributed by atoms with Crippen molar-refractivity contribution < 1.29 is 13.2 Å². The minimum atomic E-state index is -4.67. The van der Waals surface area contributed by atoms with E-state index < -0.39 is 29.4 Å². The molecule has 5 aromatic rings. The number of piperidine rings is 1. The predicted molar refractivity (Wildman–Crippen MR) is 154 cm³/mol. The highest BCUT2D eigenvalue weighted by molar-refractivity contribution is 7.19. The number of pyridine rings is 1. The summed E-state index contributed by atoms with van der Waals surface area (Å²) in [6.45, 7) is 0.228. The highest BCUT2D eigenvalue weighted by atomic mass is 35.5. The van der Waals surface area contributed by atoms with Crippen molar-refractivity contribution in [1.29, 1.82) is 5.26 Å². The van der Waals surface area contributed by atoms with Crippen molar-refractivity contribution in [2.24, 2.45) is 5.41 Å². The Morgan fingerprint density at radius 2 is 1.93 bits per heavy atom. The van der Waals surface area contributed by atoms with Crippen LogP contribution in [0, 0.1) is 16.7 Å². The lowest BCUT2D eigenvalue weighted by Crippen LogP contribution is -2.43. The van der Waals surface area contributed by atoms with Crippen molar-refractivity contribution in [3.05, 3.63) is 79.7 Å². The number of hydrogen-bond donors (Lipinski definition) is 1. The van der Waals surface area contributed by atoms with Gasteiger partial charge < -0.3 is 9.88 Å². The molecule has 0 unspecified atom stereocenters. The quantitative estimate of drug-likeness (QED) is 0.295. The number of alkyl halides is 3. The average Bonchev–Trinajstić information content (AvgIpc) is 3.55. The molecule has 216 valence electrons. The van der Waals surface area contributed by atoms with E-state index in [0.717, 1.165) is 57.2 Å². The molecule has 1 aliphatic rings. The molecule has 14 heteroatoms. The summed E-state index contributed by atoms with van der Waals surface area (Å²) in [6, 6.07) is 11.8. The molecule has 0 saturated carbocycles. The number of fused-ring (bicyclic) bond motifs is 2. The lowest BCUT2D eigenvalue weighted by molar-refractivity contribution is -0.143. The van der Waals surface area contributed by atoms with Crippen LogP contribution in [-0.2, 0) is 19.6 Å². The Balaban J connectivity index is 1.44. The Morgan fingerprint density at radius 3 is 2.67 bits per heavy atom. The highest BCUT2D eigenvalue weighted by Gasteiger charge is 2.33. The van der Waals surface area contributed by atoms with E-state index in [2.05, 4.69) is 26.0 Å². The second-order valence-electron chi connectivity index (χ2n) is 10.4. The number of nitrogens with one attached hydrogen (secondary N) is 1. The molecular formula is C28H23ClF3N7O2S. The molecule has 4 aromatic heterocycles. The van der Waals surface area contributed by atoms with Crippen molar-refractivity contribution in [2.75, 3.05) is 13.1 Å². The van der Waals surface area contributed by atoms with Crippen molar-refractivity contribution in [3.8, 4) is 17.2 Å². The minimum Gasteiger partial charge on any atom is -0.345 e. The molecule has 0 bridgehead atoms. The van der Waals surface area contributed by atoms with E-state index in [1.165, 1.54) is 11.3 Å². The van der Waals surface area contributed by atoms with Gasteiger partial charge in [-0.3, -0.25) is 14.3 Å². The van der Waals surface area contributed by atoms with Gasteiger partial charge in [-0.05, 0) is 56.3 Å². The Bertz CT molecular complexity index is 1980. The summed E-state index contributed by atoms with van der Waals surface area (Å²) in [7, 11) is 0. The maximum atomic E-state index is 12.9. The number of aromatic nitrogens is 5. The number of rotatable bonds is 6. The third kappa shape index (κ3) is 5.33. The zero-order valence-corrected chi connectivity index (χ0v) is 23.6. The van der Waals surface area contributed by atoms with Gasteiger partial charge in [0.05, 0.1) is 33.8 Å². The second kappa shape index (κ2) is 10.7. The van der Waals surface area contributed by atoms with Gasteiger partial charge in [-0.15, -0.1) is 11.3 Å².